The van der Waals surface area contributed by atoms with Gasteiger partial charge in [-0.2, -0.15) is 0 Å². The first-order valence-electron chi connectivity index (χ1n) is 9.22. The van der Waals surface area contributed by atoms with E-state index in [1.807, 2.05) is 35.2 Å². The second kappa shape index (κ2) is 8.63. The highest BCUT2D eigenvalue weighted by Gasteiger charge is 2.22. The van der Waals surface area contributed by atoms with Gasteiger partial charge in [0.2, 0.25) is 0 Å². The fraction of sp³-hybridized carbons (Fsp3) is 0.238. The van der Waals surface area contributed by atoms with Gasteiger partial charge in [0.1, 0.15) is 0 Å². The first kappa shape index (κ1) is 18.8. The zero-order valence-corrected chi connectivity index (χ0v) is 16.9. The summed E-state index contributed by atoms with van der Waals surface area (Å²) in [6.07, 6.45) is 1.80. The maximum atomic E-state index is 12.6. The molecule has 2 aromatic carbocycles. The van der Waals surface area contributed by atoms with E-state index in [1.165, 1.54) is 17.0 Å². The van der Waals surface area contributed by atoms with Crippen LogP contribution in [0.2, 0.25) is 4.47 Å². The third-order valence-electron chi connectivity index (χ3n) is 4.81. The van der Waals surface area contributed by atoms with E-state index in [-0.39, 0.29) is 5.91 Å². The Kier molecular flexibility index (Phi) is 5.78. The molecule has 4 rings (SSSR count). The van der Waals surface area contributed by atoms with Crippen LogP contribution in [-0.2, 0) is 6.54 Å². The highest BCUT2D eigenvalue weighted by atomic mass is 35.5. The van der Waals surface area contributed by atoms with Gasteiger partial charge in [0, 0.05) is 54.2 Å². The summed E-state index contributed by atoms with van der Waals surface area (Å²) in [7, 11) is 0. The van der Waals surface area contributed by atoms with Crippen LogP contribution >= 0.6 is 22.9 Å². The fourth-order valence-electron chi connectivity index (χ4n) is 3.28. The topological polar surface area (TPSA) is 48.5 Å². The highest BCUT2D eigenvalue weighted by Crippen LogP contribution is 2.22. The van der Waals surface area contributed by atoms with Gasteiger partial charge in [-0.25, -0.2) is 4.98 Å². The van der Waals surface area contributed by atoms with E-state index in [0.717, 1.165) is 42.3 Å². The van der Waals surface area contributed by atoms with Crippen molar-refractivity contribution in [2.24, 2.45) is 0 Å². The predicted molar refractivity (Wildman–Crippen MR) is 115 cm³/mol. The molecule has 0 unspecified atom stereocenters. The molecular formula is C21H21ClN4OS. The quantitative estimate of drug-likeness (QED) is 0.676. The average molecular weight is 413 g/mol. The summed E-state index contributed by atoms with van der Waals surface area (Å²) < 4.78 is 0.567. The van der Waals surface area contributed by atoms with Crippen LogP contribution in [0.25, 0.3) is 0 Å². The summed E-state index contributed by atoms with van der Waals surface area (Å²) in [5.41, 5.74) is 3.00. The number of amides is 1. The third kappa shape index (κ3) is 4.46. The van der Waals surface area contributed by atoms with Gasteiger partial charge >= 0.3 is 0 Å². The monoisotopic (exact) mass is 412 g/mol. The summed E-state index contributed by atoms with van der Waals surface area (Å²) in [6, 6.07) is 17.9. The van der Waals surface area contributed by atoms with Gasteiger partial charge in [-0.1, -0.05) is 29.8 Å². The number of aromatic nitrogens is 1. The molecule has 2 heterocycles. The Labute approximate surface area is 173 Å². The van der Waals surface area contributed by atoms with Crippen molar-refractivity contribution in [2.45, 2.75) is 6.54 Å². The lowest BCUT2D eigenvalue weighted by atomic mass is 10.1. The Morgan fingerprint density at radius 2 is 1.75 bits per heavy atom. The maximum Gasteiger partial charge on any atom is 0.253 e. The van der Waals surface area contributed by atoms with E-state index in [4.69, 9.17) is 11.6 Å². The van der Waals surface area contributed by atoms with E-state index in [0.29, 0.717) is 11.0 Å². The Morgan fingerprint density at radius 3 is 2.39 bits per heavy atom. The molecule has 0 aliphatic carbocycles. The van der Waals surface area contributed by atoms with Gasteiger partial charge in [0.25, 0.3) is 5.91 Å². The number of hydrogen-bond acceptors (Lipinski definition) is 5. The summed E-state index contributed by atoms with van der Waals surface area (Å²) in [4.78, 5) is 22.0. The summed E-state index contributed by atoms with van der Waals surface area (Å²) in [5, 5.41) is 3.38. The molecule has 7 heteroatoms. The summed E-state index contributed by atoms with van der Waals surface area (Å²) in [6.45, 7) is 3.86. The van der Waals surface area contributed by atoms with Gasteiger partial charge in [-0.05, 0) is 36.4 Å². The second-order valence-electron chi connectivity index (χ2n) is 6.63. The highest BCUT2D eigenvalue weighted by molar-refractivity contribution is 7.15. The molecule has 1 aromatic heterocycles. The van der Waals surface area contributed by atoms with Crippen LogP contribution in [0.3, 0.4) is 0 Å². The summed E-state index contributed by atoms with van der Waals surface area (Å²) >= 11 is 7.35. The molecule has 0 atom stereocenters. The third-order valence-corrected chi connectivity index (χ3v) is 5.93. The van der Waals surface area contributed by atoms with Crippen molar-refractivity contribution in [3.8, 4) is 0 Å². The van der Waals surface area contributed by atoms with Crippen LogP contribution in [0.1, 0.15) is 15.2 Å². The number of nitrogens with zero attached hydrogens (tertiary/aromatic N) is 3. The number of piperazine rings is 1. The minimum absolute atomic E-state index is 0.114. The van der Waals surface area contributed by atoms with Crippen LogP contribution in [0, 0.1) is 0 Å². The van der Waals surface area contributed by atoms with Crippen molar-refractivity contribution in [3.63, 3.8) is 0 Å². The number of thiazole rings is 1. The zero-order valence-electron chi connectivity index (χ0n) is 15.3. The molecule has 3 aromatic rings. The number of benzene rings is 2. The van der Waals surface area contributed by atoms with Crippen molar-refractivity contribution >= 4 is 40.2 Å². The normalized spacial score (nSPS) is 14.2. The van der Waals surface area contributed by atoms with E-state index >= 15 is 0 Å². The Balaban J connectivity index is 1.30. The van der Waals surface area contributed by atoms with Crippen molar-refractivity contribution in [1.82, 2.24) is 9.88 Å². The van der Waals surface area contributed by atoms with E-state index < -0.39 is 0 Å². The molecule has 1 fully saturated rings. The molecular weight excluding hydrogens is 392 g/mol. The smallest absolute Gasteiger partial charge is 0.253 e. The molecule has 1 aliphatic heterocycles. The number of hydrogen-bond donors (Lipinski definition) is 1. The van der Waals surface area contributed by atoms with E-state index in [2.05, 4.69) is 39.5 Å². The zero-order chi connectivity index (χ0) is 19.3. The molecule has 1 saturated heterocycles. The average Bonchev–Trinajstić information content (AvgIpc) is 3.18. The second-order valence-corrected chi connectivity index (χ2v) is 8.32. The Bertz CT molecular complexity index is 921. The van der Waals surface area contributed by atoms with Crippen LogP contribution in [-0.4, -0.2) is 42.0 Å². The number of carbonyl (C=O) groups excluding carboxylic acids is 1. The molecule has 0 bridgehead atoms. The van der Waals surface area contributed by atoms with Crippen LogP contribution in [0.5, 0.6) is 0 Å². The largest absolute Gasteiger partial charge is 0.380 e. The first-order chi connectivity index (χ1) is 13.7. The number of halogens is 1. The van der Waals surface area contributed by atoms with Gasteiger partial charge in [0.05, 0.1) is 6.54 Å². The van der Waals surface area contributed by atoms with Crippen molar-refractivity contribution in [2.75, 3.05) is 36.4 Å². The number of carbonyl (C=O) groups is 1. The number of nitrogens with one attached hydrogen (secondary N) is 1. The SMILES string of the molecule is O=C(c1ccccc1)N1CCN(c2ccc(NCc3cnc(Cl)s3)cc2)CC1. The molecule has 28 heavy (non-hydrogen) atoms. The van der Waals surface area contributed by atoms with Crippen molar-refractivity contribution in [3.05, 3.63) is 75.7 Å². The molecule has 0 radical (unpaired) electrons. The molecule has 1 N–H and O–H groups in total. The van der Waals surface area contributed by atoms with Gasteiger partial charge in [-0.3, -0.25) is 4.79 Å². The molecule has 0 saturated carbocycles. The molecule has 5 nitrogen and oxygen atoms in total. The van der Waals surface area contributed by atoms with Crippen molar-refractivity contribution < 1.29 is 4.79 Å². The maximum absolute atomic E-state index is 12.6. The minimum atomic E-state index is 0.114. The van der Waals surface area contributed by atoms with Crippen LogP contribution < -0.4 is 10.2 Å². The lowest BCUT2D eigenvalue weighted by molar-refractivity contribution is 0.0747. The molecule has 0 spiro atoms. The lowest BCUT2D eigenvalue weighted by Crippen LogP contribution is -2.48. The van der Waals surface area contributed by atoms with Crippen LogP contribution in [0.15, 0.2) is 60.8 Å². The standard InChI is InChI=1S/C21H21ClN4OS/c22-21-24-15-19(28-21)14-23-17-6-8-18(9-7-17)25-10-12-26(13-11-25)20(27)16-4-2-1-3-5-16/h1-9,15,23H,10-14H2. The number of rotatable bonds is 5. The molecule has 144 valence electrons. The van der Waals surface area contributed by atoms with Gasteiger partial charge in [0.15, 0.2) is 4.47 Å². The lowest BCUT2D eigenvalue weighted by Gasteiger charge is -2.36. The summed E-state index contributed by atoms with van der Waals surface area (Å²) in [5.74, 6) is 0.114. The Morgan fingerprint density at radius 1 is 1.04 bits per heavy atom. The van der Waals surface area contributed by atoms with E-state index in [1.54, 1.807) is 6.20 Å². The minimum Gasteiger partial charge on any atom is -0.380 e. The number of anilines is 2. The Hall–Kier alpha value is -2.57. The van der Waals surface area contributed by atoms with Gasteiger partial charge in [-0.15, -0.1) is 11.3 Å². The predicted octanol–water partition coefficient (Wildman–Crippen LogP) is 4.37. The van der Waals surface area contributed by atoms with Crippen molar-refractivity contribution in [1.29, 1.82) is 0 Å². The fourth-order valence-corrected chi connectivity index (χ4v) is 4.19. The first-order valence-corrected chi connectivity index (χ1v) is 10.4. The van der Waals surface area contributed by atoms with Gasteiger partial charge < -0.3 is 15.1 Å². The molecule has 1 aliphatic rings. The van der Waals surface area contributed by atoms with Crippen LogP contribution in [0.4, 0.5) is 11.4 Å². The van der Waals surface area contributed by atoms with E-state index in [9.17, 15) is 4.79 Å². The molecule has 1 amide bonds.